The lowest BCUT2D eigenvalue weighted by atomic mass is 10.0. The number of thiazole rings is 1. The Morgan fingerprint density at radius 3 is 2.39 bits per heavy atom. The lowest BCUT2D eigenvalue weighted by Gasteiger charge is -2.12. The van der Waals surface area contributed by atoms with Gasteiger partial charge in [-0.1, -0.05) is 41.7 Å². The van der Waals surface area contributed by atoms with Crippen LogP contribution in [0.1, 0.15) is 34.1 Å². The minimum Gasteiger partial charge on any atom is -0.478 e. The summed E-state index contributed by atoms with van der Waals surface area (Å²) >= 11 is 0.892. The average Bonchev–Trinajstić information content (AvgIpc) is 3.07. The highest BCUT2D eigenvalue weighted by Crippen LogP contribution is 2.30. The number of anilines is 2. The maximum Gasteiger partial charge on any atom is 0.335 e. The van der Waals surface area contributed by atoms with Gasteiger partial charge in [-0.2, -0.15) is 0 Å². The molecule has 8 nitrogen and oxygen atoms in total. The fourth-order valence-corrected chi connectivity index (χ4v) is 5.52. The lowest BCUT2D eigenvalue weighted by Crippen LogP contribution is -2.14. The molecule has 1 aromatic heterocycles. The number of carboxylic acids is 1. The number of carbonyl (C=O) groups is 2. The van der Waals surface area contributed by atoms with Crippen LogP contribution in [0.2, 0.25) is 0 Å². The Kier molecular flexibility index (Phi) is 6.71. The molecule has 3 rings (SSSR count). The molecule has 3 N–H and O–H groups in total. The van der Waals surface area contributed by atoms with Crippen molar-refractivity contribution >= 4 is 44.1 Å². The summed E-state index contributed by atoms with van der Waals surface area (Å²) in [5.74, 6) is -1.31. The van der Waals surface area contributed by atoms with Gasteiger partial charge in [0.1, 0.15) is 0 Å². The molecule has 0 bridgehead atoms. The van der Waals surface area contributed by atoms with Crippen molar-refractivity contribution in [3.05, 3.63) is 70.9 Å². The zero-order valence-corrected chi connectivity index (χ0v) is 18.5. The Hall–Kier alpha value is -3.24. The first-order valence-corrected chi connectivity index (χ1v) is 11.6. The first kappa shape index (κ1) is 22.4. The van der Waals surface area contributed by atoms with Gasteiger partial charge in [-0.05, 0) is 49.1 Å². The van der Waals surface area contributed by atoms with Gasteiger partial charge in [0.15, 0.2) is 9.34 Å². The van der Waals surface area contributed by atoms with E-state index in [2.05, 4.69) is 15.0 Å². The molecule has 0 unspecified atom stereocenters. The molecular weight excluding hydrogens is 438 g/mol. The van der Waals surface area contributed by atoms with Gasteiger partial charge in [0.05, 0.1) is 16.9 Å². The van der Waals surface area contributed by atoms with Crippen LogP contribution in [0.3, 0.4) is 0 Å². The topological polar surface area (TPSA) is 125 Å². The number of amides is 1. The van der Waals surface area contributed by atoms with Gasteiger partial charge in [0.25, 0.3) is 10.0 Å². The monoisotopic (exact) mass is 459 g/mol. The second-order valence-electron chi connectivity index (χ2n) is 6.84. The number of carbonyl (C=O) groups excluding carboxylic acids is 1. The number of hydrogen-bond acceptors (Lipinski definition) is 6. The number of rotatable bonds is 8. The molecule has 10 heteroatoms. The molecule has 0 aliphatic rings. The van der Waals surface area contributed by atoms with E-state index < -0.39 is 16.0 Å². The van der Waals surface area contributed by atoms with Crippen molar-refractivity contribution in [1.29, 1.82) is 0 Å². The summed E-state index contributed by atoms with van der Waals surface area (Å²) in [6, 6.07) is 13.7. The van der Waals surface area contributed by atoms with Crippen molar-refractivity contribution in [2.45, 2.75) is 30.9 Å². The molecule has 0 saturated heterocycles. The van der Waals surface area contributed by atoms with Crippen molar-refractivity contribution in [2.24, 2.45) is 0 Å². The first-order chi connectivity index (χ1) is 14.7. The van der Waals surface area contributed by atoms with E-state index in [0.717, 1.165) is 22.5 Å². The minimum absolute atomic E-state index is 0.0373. The summed E-state index contributed by atoms with van der Waals surface area (Å²) < 4.78 is 28.5. The second-order valence-corrected chi connectivity index (χ2v) is 9.71. The number of nitrogens with one attached hydrogen (secondary N) is 2. The van der Waals surface area contributed by atoms with E-state index in [1.807, 2.05) is 12.1 Å². The van der Waals surface area contributed by atoms with Crippen molar-refractivity contribution in [2.75, 3.05) is 10.0 Å². The third-order valence-corrected chi connectivity index (χ3v) is 7.47. The van der Waals surface area contributed by atoms with Crippen molar-refractivity contribution in [1.82, 2.24) is 4.98 Å². The van der Waals surface area contributed by atoms with E-state index in [4.69, 9.17) is 5.11 Å². The van der Waals surface area contributed by atoms with Gasteiger partial charge in [-0.15, -0.1) is 0 Å². The molecule has 3 aromatic rings. The van der Waals surface area contributed by atoms with E-state index in [1.54, 1.807) is 43.3 Å². The summed E-state index contributed by atoms with van der Waals surface area (Å²) in [6.45, 7) is 2.90. The number of aromatic carboxylic acids is 1. The van der Waals surface area contributed by atoms with E-state index in [0.29, 0.717) is 24.2 Å². The fraction of sp³-hybridized carbons (Fsp3) is 0.190. The van der Waals surface area contributed by atoms with Crippen molar-refractivity contribution in [3.8, 4) is 0 Å². The Morgan fingerprint density at radius 1 is 1.06 bits per heavy atom. The summed E-state index contributed by atoms with van der Waals surface area (Å²) in [6.07, 6.45) is 1.18. The molecule has 0 atom stereocenters. The summed E-state index contributed by atoms with van der Waals surface area (Å²) in [7, 11) is -3.89. The smallest absolute Gasteiger partial charge is 0.335 e. The average molecular weight is 460 g/mol. The van der Waals surface area contributed by atoms with Crippen LogP contribution in [-0.4, -0.2) is 30.4 Å². The number of benzene rings is 2. The Labute approximate surface area is 184 Å². The van der Waals surface area contributed by atoms with Gasteiger partial charge >= 0.3 is 5.97 Å². The van der Waals surface area contributed by atoms with Crippen molar-refractivity contribution in [3.63, 3.8) is 0 Å². The highest BCUT2D eigenvalue weighted by atomic mass is 32.2. The van der Waals surface area contributed by atoms with Crippen LogP contribution in [0.5, 0.6) is 0 Å². The molecule has 162 valence electrons. The summed E-state index contributed by atoms with van der Waals surface area (Å²) in [5.41, 5.74) is 2.73. The molecule has 0 aliphatic carbocycles. The van der Waals surface area contributed by atoms with E-state index in [-0.39, 0.29) is 20.8 Å². The molecule has 0 spiro atoms. The van der Waals surface area contributed by atoms with E-state index in [9.17, 15) is 18.0 Å². The van der Waals surface area contributed by atoms with Crippen LogP contribution in [0.4, 0.5) is 10.8 Å². The number of para-hydroxylation sites is 1. The van der Waals surface area contributed by atoms with Gasteiger partial charge in [-0.3, -0.25) is 9.52 Å². The molecule has 2 aromatic carbocycles. The number of aryl methyl sites for hydroxylation is 3. The largest absolute Gasteiger partial charge is 0.478 e. The maximum absolute atomic E-state index is 12.9. The first-order valence-electron chi connectivity index (χ1n) is 9.33. The molecule has 0 fully saturated rings. The molecule has 31 heavy (non-hydrogen) atoms. The third kappa shape index (κ3) is 5.68. The third-order valence-electron chi connectivity index (χ3n) is 4.43. The SMILES string of the molecule is CC(=O)Nc1nc(C)c(S(=O)(=O)Nc2ccccc2CCc2ccc(C(=O)O)cc2)s1. The molecule has 0 saturated carbocycles. The summed E-state index contributed by atoms with van der Waals surface area (Å²) in [4.78, 5) is 26.3. The van der Waals surface area contributed by atoms with Crippen LogP contribution in [0.15, 0.2) is 52.7 Å². The fourth-order valence-electron chi connectivity index (χ4n) is 2.96. The molecule has 0 aliphatic heterocycles. The second kappa shape index (κ2) is 9.27. The standard InChI is InChI=1S/C21H21N3O5S2/c1-13-20(30-21(22-13)23-14(2)25)31(28,29)24-18-6-4-3-5-16(18)10-7-15-8-11-17(12-9-15)19(26)27/h3-6,8-9,11-12,24H,7,10H2,1-2H3,(H,26,27)(H,22,23,25). The van der Waals surface area contributed by atoms with Gasteiger partial charge < -0.3 is 10.4 Å². The highest BCUT2D eigenvalue weighted by Gasteiger charge is 2.23. The van der Waals surface area contributed by atoms with Crippen LogP contribution in [0, 0.1) is 6.92 Å². The van der Waals surface area contributed by atoms with Crippen LogP contribution < -0.4 is 10.0 Å². The Bertz CT molecular complexity index is 1220. The minimum atomic E-state index is -3.89. The quantitative estimate of drug-likeness (QED) is 0.472. The van der Waals surface area contributed by atoms with Crippen LogP contribution in [0.25, 0.3) is 0 Å². The Morgan fingerprint density at radius 2 is 1.74 bits per heavy atom. The van der Waals surface area contributed by atoms with Crippen LogP contribution >= 0.6 is 11.3 Å². The number of aromatic nitrogens is 1. The lowest BCUT2D eigenvalue weighted by molar-refractivity contribution is -0.114. The van der Waals surface area contributed by atoms with Gasteiger partial charge in [0, 0.05) is 6.92 Å². The van der Waals surface area contributed by atoms with Crippen molar-refractivity contribution < 1.29 is 23.1 Å². The normalized spacial score (nSPS) is 11.2. The zero-order valence-electron chi connectivity index (χ0n) is 16.9. The molecule has 1 heterocycles. The predicted molar refractivity (Wildman–Crippen MR) is 119 cm³/mol. The summed E-state index contributed by atoms with van der Waals surface area (Å²) in [5, 5.41) is 11.7. The number of sulfonamides is 1. The number of nitrogens with zero attached hydrogens (tertiary/aromatic N) is 1. The van der Waals surface area contributed by atoms with E-state index >= 15 is 0 Å². The van der Waals surface area contributed by atoms with Gasteiger partial charge in [0.2, 0.25) is 5.91 Å². The van der Waals surface area contributed by atoms with E-state index in [1.165, 1.54) is 6.92 Å². The highest BCUT2D eigenvalue weighted by molar-refractivity contribution is 7.94. The zero-order chi connectivity index (χ0) is 22.6. The molecular formula is C21H21N3O5S2. The predicted octanol–water partition coefficient (Wildman–Crippen LogP) is 3.69. The number of hydrogen-bond donors (Lipinski definition) is 3. The number of carboxylic acid groups (broad SMARTS) is 1. The van der Waals surface area contributed by atoms with Gasteiger partial charge in [-0.25, -0.2) is 18.2 Å². The Balaban J connectivity index is 1.77. The van der Waals surface area contributed by atoms with Crippen LogP contribution in [-0.2, 0) is 27.7 Å². The molecule has 0 radical (unpaired) electrons. The maximum atomic E-state index is 12.9. The molecule has 1 amide bonds.